The summed E-state index contributed by atoms with van der Waals surface area (Å²) in [6, 6.07) is 0. The summed E-state index contributed by atoms with van der Waals surface area (Å²) >= 11 is 0. The largest absolute Gasteiger partial charge is 0.508 e. The van der Waals surface area contributed by atoms with E-state index in [2.05, 4.69) is 0 Å². The van der Waals surface area contributed by atoms with E-state index < -0.39 is 5.60 Å². The maximum atomic E-state index is 10.8. The fourth-order valence-electron chi connectivity index (χ4n) is 1.27. The highest BCUT2D eigenvalue weighted by Crippen LogP contribution is 2.24. The third kappa shape index (κ3) is 2.34. The van der Waals surface area contributed by atoms with Gasteiger partial charge in [-0.05, 0) is 12.8 Å². The monoisotopic (exact) mass is 182 g/mol. The van der Waals surface area contributed by atoms with Gasteiger partial charge in [-0.1, -0.05) is 13.3 Å². The first-order valence-corrected chi connectivity index (χ1v) is 4.45. The van der Waals surface area contributed by atoms with E-state index in [4.69, 9.17) is 4.74 Å². The predicted molar refractivity (Wildman–Crippen MR) is 49.3 cm³/mol. The Morgan fingerprint density at radius 2 is 2.46 bits per heavy atom. The number of aliphatic hydroxyl groups is 1. The number of unbranched alkanes of at least 4 members (excludes halogenated alkanes) is 1. The van der Waals surface area contributed by atoms with Gasteiger partial charge in [-0.15, -0.1) is 0 Å². The van der Waals surface area contributed by atoms with Crippen LogP contribution in [0.1, 0.15) is 26.2 Å². The Balaban J connectivity index is 2.70. The van der Waals surface area contributed by atoms with Crippen LogP contribution in [0.15, 0.2) is 24.2 Å². The zero-order valence-electron chi connectivity index (χ0n) is 7.69. The van der Waals surface area contributed by atoms with Gasteiger partial charge in [0.15, 0.2) is 11.9 Å². The summed E-state index contributed by atoms with van der Waals surface area (Å²) in [6.45, 7) is 2.04. The van der Waals surface area contributed by atoms with Gasteiger partial charge in [0.05, 0.1) is 6.26 Å². The summed E-state index contributed by atoms with van der Waals surface area (Å²) in [4.78, 5) is 10.8. The van der Waals surface area contributed by atoms with Gasteiger partial charge in [0.2, 0.25) is 0 Å². The molecule has 0 aromatic carbocycles. The topological polar surface area (TPSA) is 46.5 Å². The molecule has 0 aromatic rings. The minimum Gasteiger partial charge on any atom is -0.508 e. The molecule has 0 radical (unpaired) electrons. The Labute approximate surface area is 77.7 Å². The fourth-order valence-corrected chi connectivity index (χ4v) is 1.27. The quantitative estimate of drug-likeness (QED) is 0.677. The summed E-state index contributed by atoms with van der Waals surface area (Å²) in [5.41, 5.74) is -0.936. The van der Waals surface area contributed by atoms with Crippen molar-refractivity contribution < 1.29 is 14.6 Å². The van der Waals surface area contributed by atoms with Crippen LogP contribution in [0, 0.1) is 0 Å². The molecule has 0 aliphatic carbocycles. The fraction of sp³-hybridized carbons (Fsp3) is 0.500. The number of aldehydes is 1. The molecular weight excluding hydrogens is 168 g/mol. The number of carbonyl (C=O) groups excluding carboxylic acids is 1. The first-order chi connectivity index (χ1) is 6.22. The zero-order chi connectivity index (χ0) is 9.73. The number of hydrogen-bond donors (Lipinski definition) is 1. The van der Waals surface area contributed by atoms with Crippen molar-refractivity contribution in [2.45, 2.75) is 31.8 Å². The Morgan fingerprint density at radius 1 is 1.69 bits per heavy atom. The third-order valence-electron chi connectivity index (χ3n) is 2.04. The Morgan fingerprint density at radius 3 is 3.00 bits per heavy atom. The summed E-state index contributed by atoms with van der Waals surface area (Å²) in [5, 5.41) is 9.21. The molecule has 1 heterocycles. The van der Waals surface area contributed by atoms with Crippen LogP contribution in [-0.2, 0) is 9.53 Å². The summed E-state index contributed by atoms with van der Waals surface area (Å²) in [7, 11) is 0. The molecule has 0 amide bonds. The van der Waals surface area contributed by atoms with Crippen LogP contribution in [0.5, 0.6) is 0 Å². The number of ether oxygens (including phenoxy) is 1. The highest BCUT2D eigenvalue weighted by atomic mass is 16.5. The molecule has 0 saturated carbocycles. The van der Waals surface area contributed by atoms with E-state index in [1.54, 1.807) is 0 Å². The molecule has 3 nitrogen and oxygen atoms in total. The van der Waals surface area contributed by atoms with Gasteiger partial charge in [-0.3, -0.25) is 4.79 Å². The Bertz CT molecular complexity index is 243. The van der Waals surface area contributed by atoms with Crippen LogP contribution in [0.25, 0.3) is 0 Å². The van der Waals surface area contributed by atoms with E-state index in [0.717, 1.165) is 19.1 Å². The van der Waals surface area contributed by atoms with Crippen molar-refractivity contribution in [1.29, 1.82) is 0 Å². The van der Waals surface area contributed by atoms with E-state index in [-0.39, 0.29) is 5.76 Å². The molecule has 3 heteroatoms. The number of carbonyl (C=O) groups is 1. The molecule has 1 atom stereocenters. The van der Waals surface area contributed by atoms with Crippen molar-refractivity contribution in [3.63, 3.8) is 0 Å². The van der Waals surface area contributed by atoms with Crippen LogP contribution in [-0.4, -0.2) is 17.0 Å². The normalized spacial score (nSPS) is 26.4. The van der Waals surface area contributed by atoms with Crippen LogP contribution < -0.4 is 0 Å². The predicted octanol–water partition coefficient (Wildman–Crippen LogP) is 2.10. The summed E-state index contributed by atoms with van der Waals surface area (Å²) < 4.78 is 5.20. The van der Waals surface area contributed by atoms with Gasteiger partial charge in [-0.25, -0.2) is 0 Å². The molecule has 1 N–H and O–H groups in total. The third-order valence-corrected chi connectivity index (χ3v) is 2.04. The highest BCUT2D eigenvalue weighted by molar-refractivity contribution is 5.67. The summed E-state index contributed by atoms with van der Waals surface area (Å²) in [6.07, 6.45) is 7.49. The molecule has 0 aromatic heterocycles. The first kappa shape index (κ1) is 9.84. The van der Waals surface area contributed by atoms with Crippen molar-refractivity contribution in [3.8, 4) is 0 Å². The van der Waals surface area contributed by atoms with Crippen LogP contribution in [0.3, 0.4) is 0 Å². The smallest absolute Gasteiger partial charge is 0.185 e. The standard InChI is InChI=1S/C10H14O3/c1-2-3-5-10(8-11)7-9(12)4-6-13-10/h4,6-8,12H,2-3,5H2,1H3. The van der Waals surface area contributed by atoms with Crippen molar-refractivity contribution in [2.24, 2.45) is 0 Å². The minimum absolute atomic E-state index is 0.0921. The Hall–Kier alpha value is -1.25. The molecule has 0 fully saturated rings. The van der Waals surface area contributed by atoms with E-state index in [0.29, 0.717) is 6.42 Å². The molecule has 1 rings (SSSR count). The van der Waals surface area contributed by atoms with E-state index in [9.17, 15) is 9.90 Å². The second-order valence-electron chi connectivity index (χ2n) is 3.17. The molecule has 1 aliphatic rings. The van der Waals surface area contributed by atoms with Gasteiger partial charge in [-0.2, -0.15) is 0 Å². The van der Waals surface area contributed by atoms with Gasteiger partial charge < -0.3 is 9.84 Å². The second-order valence-corrected chi connectivity index (χ2v) is 3.17. The van der Waals surface area contributed by atoms with Crippen molar-refractivity contribution in [1.82, 2.24) is 0 Å². The van der Waals surface area contributed by atoms with E-state index in [1.807, 2.05) is 6.92 Å². The lowest BCUT2D eigenvalue weighted by molar-refractivity contribution is -0.121. The van der Waals surface area contributed by atoms with Crippen molar-refractivity contribution in [2.75, 3.05) is 0 Å². The maximum absolute atomic E-state index is 10.8. The lowest BCUT2D eigenvalue weighted by Crippen LogP contribution is -2.32. The van der Waals surface area contributed by atoms with E-state index >= 15 is 0 Å². The maximum Gasteiger partial charge on any atom is 0.185 e. The first-order valence-electron chi connectivity index (χ1n) is 4.45. The van der Waals surface area contributed by atoms with Crippen molar-refractivity contribution in [3.05, 3.63) is 24.2 Å². The number of hydrogen-bond acceptors (Lipinski definition) is 3. The number of allylic oxidation sites excluding steroid dienone is 1. The molecular formula is C10H14O3. The number of rotatable bonds is 4. The van der Waals surface area contributed by atoms with Gasteiger partial charge in [0, 0.05) is 12.2 Å². The molecule has 13 heavy (non-hydrogen) atoms. The Kier molecular flexibility index (Phi) is 3.12. The molecule has 1 unspecified atom stereocenters. The van der Waals surface area contributed by atoms with Gasteiger partial charge >= 0.3 is 0 Å². The summed E-state index contributed by atoms with van der Waals surface area (Å²) in [5.74, 6) is 0.0921. The lowest BCUT2D eigenvalue weighted by atomic mass is 9.96. The molecule has 0 bridgehead atoms. The van der Waals surface area contributed by atoms with E-state index in [1.165, 1.54) is 18.4 Å². The average Bonchev–Trinajstić information content (AvgIpc) is 2.15. The molecule has 0 saturated heterocycles. The number of aliphatic hydroxyl groups excluding tert-OH is 1. The van der Waals surface area contributed by atoms with Crippen LogP contribution in [0.4, 0.5) is 0 Å². The molecule has 1 aliphatic heterocycles. The average molecular weight is 182 g/mol. The molecule has 0 spiro atoms. The lowest BCUT2D eigenvalue weighted by Gasteiger charge is -2.26. The van der Waals surface area contributed by atoms with Gasteiger partial charge in [0.1, 0.15) is 5.76 Å². The zero-order valence-corrected chi connectivity index (χ0v) is 7.69. The van der Waals surface area contributed by atoms with Gasteiger partial charge in [0.25, 0.3) is 0 Å². The van der Waals surface area contributed by atoms with Crippen molar-refractivity contribution >= 4 is 6.29 Å². The second kappa shape index (κ2) is 4.12. The molecule has 72 valence electrons. The minimum atomic E-state index is -0.936. The SMILES string of the molecule is CCCCC1(C=O)C=C(O)C=CO1. The van der Waals surface area contributed by atoms with Crippen LogP contribution in [0.2, 0.25) is 0 Å². The highest BCUT2D eigenvalue weighted by Gasteiger charge is 2.29. The van der Waals surface area contributed by atoms with Crippen LogP contribution >= 0.6 is 0 Å².